The van der Waals surface area contributed by atoms with E-state index in [1.165, 1.54) is 53.6 Å². The molecule has 35 heteroatoms. The Balaban J connectivity index is 0.000000126. The zero-order valence-electron chi connectivity index (χ0n) is 78.9. The Morgan fingerprint density at radius 2 is 0.671 bits per heavy atom. The molecule has 20 rings (SSSR count). The maximum absolute atomic E-state index is 16.2. The van der Waals surface area contributed by atoms with Crippen molar-refractivity contribution >= 4 is 96.0 Å². The van der Waals surface area contributed by atoms with Crippen LogP contribution in [0.1, 0.15) is 120 Å². The summed E-state index contributed by atoms with van der Waals surface area (Å²) in [6, 6.07) is 41.9. The highest BCUT2D eigenvalue weighted by molar-refractivity contribution is 8.15. The van der Waals surface area contributed by atoms with Crippen LogP contribution < -0.4 is 38.3 Å². The number of ether oxygens (including phenoxy) is 6. The molecule has 5 saturated heterocycles. The van der Waals surface area contributed by atoms with E-state index >= 15 is 26.3 Å². The van der Waals surface area contributed by atoms with E-state index in [1.54, 1.807) is 102 Å². The minimum Gasteiger partial charge on any atom is -0.495 e. The molecule has 5 fully saturated rings. The standard InChI is InChI=1S/C22H21F2N3OS.C22H22FN3OS.C21H25FN4OS.C20H18F2N4OS.C20H22FN3O2S/c1-3-4-15-7-17(11-26-10-15)16-5-6-19(23)18(8-16)22-12-28-14(2)9-21(22,24)13-29-20(25)27-22;1-3-5-16-8-18(12-25-11-16)17-6-4-7-19(9-17)22-13-27-15(2)10-21(22,23)14-28-20(24)26-22;1-14-9-20(22)13-28-19(23)25-21(20,12-27-14)17-6-4-5-15(7-17)16-8-18(26(2)3)11-24-10-16;1-12-7-19(22)11-28-18(23)26-20(19,10-27-12)16-6-13(3-4-17(16)21)14-5-15(24-2)9-25-8-14;1-13-8-19(21)12-27-18(22)24-20(19,11-26-13)16-5-3-4-14(6-16)15-7-17(25-2)10-23-9-15/h5-8,10-11,14H,9,12-13H2,1-2H3,(H2,25,27);4,6-9,11-12,15H,10,13-14H2,1-2H3,(H2,24,26);4-8,10-11,14H,9,12-13H2,1-3H3,(H2,23,25);3-6,8-9,12H,7,10-11H2,1H3,(H2,23,26);3-7,9-10,13H,8,11-12H2,1-2H3,(H2,22,24)/t14-,21+,22+;15-,21+,22+;14-,20+,21+;12-,19+,20+;13-,19+,20+/m00000/s1. The molecule has 15 heterocycles. The summed E-state index contributed by atoms with van der Waals surface area (Å²) in [5.74, 6) is 12.3. The summed E-state index contributed by atoms with van der Waals surface area (Å²) in [5.41, 5.74) is 29.4. The predicted octanol–water partition coefficient (Wildman–Crippen LogP) is 19.3. The number of methoxy groups -OCH3 is 1. The second-order valence-corrected chi connectivity index (χ2v) is 41.7. The Labute approximate surface area is 831 Å². The Hall–Kier alpha value is -11.5. The lowest BCUT2D eigenvalue weighted by Crippen LogP contribution is -2.60. The molecule has 5 aromatic carbocycles. The van der Waals surface area contributed by atoms with Gasteiger partial charge in [-0.25, -0.2) is 60.5 Å². The van der Waals surface area contributed by atoms with Gasteiger partial charge in [-0.3, -0.25) is 24.9 Å². The van der Waals surface area contributed by atoms with Crippen LogP contribution in [0.25, 0.3) is 60.5 Å². The molecule has 0 radical (unpaired) electrons. The number of aliphatic imine (C=N–C) groups is 5. The average molecular weight is 2000 g/mol. The Morgan fingerprint density at radius 1 is 0.371 bits per heavy atom. The third kappa shape index (κ3) is 20.3. The van der Waals surface area contributed by atoms with Crippen LogP contribution in [0.4, 0.5) is 42.1 Å². The van der Waals surface area contributed by atoms with E-state index in [0.29, 0.717) is 62.9 Å². The lowest BCUT2D eigenvalue weighted by molar-refractivity contribution is -0.107. The molecule has 15 atom stereocenters. The SMILES string of the molecule is CC#Cc1cncc(-c2ccc(F)c([C@]34CO[C@@H](C)C[C@@]3(F)CSC(N)=N4)c2)c1.CC#Cc1cncc(-c2cccc([C@]34CO[C@@H](C)C[C@@]3(F)CSC(N)=N4)c2)c1.COc1cncc(-c2cccc([C@]34CO[C@@H](C)C[C@@]3(F)CSC(N)=N4)c2)c1.C[C@H]1C[C@@]2(F)CSC(N)=N[C@@]2(c2cccc(-c3cncc(N(C)C)c3)c2)CO1.[C-]#[N+]c1cncc(-c2ccc(F)c([C@]34CO[C@@H](C)C[C@@]3(F)CSC(N)=N4)c2)c1. The molecular weight excluding hydrogens is 1890 g/mol. The minimum atomic E-state index is -1.78. The Kier molecular flexibility index (Phi) is 30.1. The van der Waals surface area contributed by atoms with Crippen molar-refractivity contribution in [2.75, 3.05) is 87.9 Å². The fourth-order valence-corrected chi connectivity index (χ4v) is 24.4. The third-order valence-corrected chi connectivity index (χ3v) is 31.9. The van der Waals surface area contributed by atoms with E-state index in [1.807, 2.05) is 150 Å². The fourth-order valence-electron chi connectivity index (χ4n) is 19.7. The fraction of sp³-hybridized carbons (Fsp3) is 0.381. The van der Waals surface area contributed by atoms with Crippen molar-refractivity contribution in [1.29, 1.82) is 0 Å². The molecule has 0 spiro atoms. The largest absolute Gasteiger partial charge is 0.495 e. The van der Waals surface area contributed by atoms with E-state index in [0.717, 1.165) is 96.0 Å². The first kappa shape index (κ1) is 101. The van der Waals surface area contributed by atoms with Gasteiger partial charge in [0.1, 0.15) is 45.1 Å². The number of aromatic nitrogens is 5. The first-order valence-electron chi connectivity index (χ1n) is 45.5. The first-order valence-corrected chi connectivity index (χ1v) is 50.5. The average Bonchev–Trinajstić information content (AvgIpc) is 0.719. The number of thioether (sulfide) groups is 5. The second-order valence-electron chi connectivity index (χ2n) is 36.7. The van der Waals surface area contributed by atoms with Crippen molar-refractivity contribution in [2.45, 2.75) is 167 Å². The van der Waals surface area contributed by atoms with Gasteiger partial charge >= 0.3 is 0 Å². The molecule has 728 valence electrons. The summed E-state index contributed by atoms with van der Waals surface area (Å²) < 4.78 is 145. The summed E-state index contributed by atoms with van der Waals surface area (Å²) in [7, 11) is 5.56. The number of hydrogen-bond donors (Lipinski definition) is 5. The van der Waals surface area contributed by atoms with E-state index < -0.39 is 67.7 Å². The number of benzene rings is 5. The highest BCUT2D eigenvalue weighted by atomic mass is 32.2. The molecule has 23 nitrogen and oxygen atoms in total. The van der Waals surface area contributed by atoms with Gasteiger partial charge in [0.15, 0.2) is 54.2 Å². The Bertz CT molecular complexity index is 6690. The lowest BCUT2D eigenvalue weighted by atomic mass is 9.72. The maximum atomic E-state index is 16.2. The van der Waals surface area contributed by atoms with E-state index in [9.17, 15) is 4.39 Å². The number of nitrogens with two attached hydrogens (primary N) is 5. The van der Waals surface area contributed by atoms with Gasteiger partial charge in [0.25, 0.3) is 0 Å². The first-order chi connectivity index (χ1) is 67.0. The van der Waals surface area contributed by atoms with E-state index in [4.69, 9.17) is 63.7 Å². The molecule has 140 heavy (non-hydrogen) atoms. The summed E-state index contributed by atoms with van der Waals surface area (Å²) in [6.07, 6.45) is 17.1. The number of halogens is 7. The van der Waals surface area contributed by atoms with Crippen molar-refractivity contribution < 1.29 is 59.2 Å². The molecule has 5 aromatic heterocycles. The molecule has 0 bridgehead atoms. The molecule has 10 N–H and O–H groups in total. The van der Waals surface area contributed by atoms with Gasteiger partial charge in [0.05, 0.1) is 95.3 Å². The normalized spacial score (nSPS) is 29.5. The highest BCUT2D eigenvalue weighted by Crippen LogP contribution is 2.58. The summed E-state index contributed by atoms with van der Waals surface area (Å²) >= 11 is 6.14. The molecule has 0 saturated carbocycles. The van der Waals surface area contributed by atoms with Crippen LogP contribution in [-0.4, -0.2) is 193 Å². The van der Waals surface area contributed by atoms with Crippen molar-refractivity contribution in [3.63, 3.8) is 0 Å². The number of hydrogen-bond acceptors (Lipinski definition) is 27. The highest BCUT2D eigenvalue weighted by Gasteiger charge is 2.65. The van der Waals surface area contributed by atoms with Crippen LogP contribution in [0.2, 0.25) is 0 Å². The zero-order valence-corrected chi connectivity index (χ0v) is 83.0. The van der Waals surface area contributed by atoms with Crippen molar-refractivity contribution in [3.05, 3.63) is 263 Å². The van der Waals surface area contributed by atoms with Crippen LogP contribution in [-0.2, 0) is 51.4 Å². The van der Waals surface area contributed by atoms with Gasteiger partial charge in [-0.1, -0.05) is 137 Å². The zero-order chi connectivity index (χ0) is 99.4. The number of nitrogens with zero attached hydrogens (tertiary/aromatic N) is 12. The predicted molar refractivity (Wildman–Crippen MR) is 549 cm³/mol. The number of amidine groups is 5. The van der Waals surface area contributed by atoms with E-state index in [2.05, 4.69) is 84.5 Å². The molecule has 10 aliphatic rings. The molecule has 10 aliphatic heterocycles. The second kappa shape index (κ2) is 41.6. The molecule has 10 aromatic rings. The van der Waals surface area contributed by atoms with Gasteiger partial charge in [0, 0.05) is 169 Å². The number of alkyl halides is 5. The number of pyridine rings is 5. The molecule has 0 aliphatic carbocycles. The number of fused-ring (bicyclic) bond motifs is 5. The number of anilines is 1. The summed E-state index contributed by atoms with van der Waals surface area (Å²) in [5, 5.41) is 1.66. The van der Waals surface area contributed by atoms with Gasteiger partial charge in [0.2, 0.25) is 5.69 Å². The van der Waals surface area contributed by atoms with Crippen LogP contribution in [0.15, 0.2) is 226 Å². The van der Waals surface area contributed by atoms with E-state index in [-0.39, 0.29) is 127 Å². The number of rotatable bonds is 12. The van der Waals surface area contributed by atoms with Gasteiger partial charge in [-0.2, -0.15) is 0 Å². The molecular formula is C105H108F7N17O6S5. The van der Waals surface area contributed by atoms with Gasteiger partial charge < -0.3 is 62.0 Å². The minimum absolute atomic E-state index is 0.0636. The van der Waals surface area contributed by atoms with Gasteiger partial charge in [-0.05, 0) is 171 Å². The summed E-state index contributed by atoms with van der Waals surface area (Å²) in [4.78, 5) is 49.2. The third-order valence-electron chi connectivity index (χ3n) is 27.0. The van der Waals surface area contributed by atoms with Crippen molar-refractivity contribution in [3.8, 4) is 85.1 Å². The quantitative estimate of drug-likeness (QED) is 0.0431. The van der Waals surface area contributed by atoms with Crippen LogP contribution in [0.5, 0.6) is 5.75 Å². The van der Waals surface area contributed by atoms with Crippen LogP contribution >= 0.6 is 58.8 Å². The van der Waals surface area contributed by atoms with Crippen molar-refractivity contribution in [1.82, 2.24) is 24.9 Å². The molecule has 0 amide bonds. The van der Waals surface area contributed by atoms with Gasteiger partial charge in [-0.15, -0.1) is 11.8 Å². The maximum Gasteiger partial charge on any atom is 0.205 e. The Morgan fingerprint density at radius 3 is 1.01 bits per heavy atom. The monoisotopic (exact) mass is 2000 g/mol. The van der Waals surface area contributed by atoms with Crippen LogP contribution in [0, 0.1) is 41.9 Å². The molecule has 0 unspecified atom stereocenters. The smallest absolute Gasteiger partial charge is 0.205 e. The lowest BCUT2D eigenvalue weighted by Gasteiger charge is -2.49. The van der Waals surface area contributed by atoms with Crippen LogP contribution in [0.3, 0.4) is 0 Å². The topological polar surface area (TPSA) is 319 Å². The van der Waals surface area contributed by atoms with Crippen molar-refractivity contribution in [2.24, 2.45) is 53.6 Å². The summed E-state index contributed by atoms with van der Waals surface area (Å²) in [6.45, 7) is 20.4.